The molecule has 0 bridgehead atoms. The number of rotatable bonds is 3. The molecule has 2 aromatic carbocycles. The number of fused-ring (bicyclic) bond motifs is 1. The van der Waals surface area contributed by atoms with E-state index in [2.05, 4.69) is 85.7 Å². The molecule has 1 aliphatic rings. The fourth-order valence-corrected chi connectivity index (χ4v) is 4.33. The number of piperidine rings is 1. The molecule has 1 fully saturated rings. The molecule has 4 rings (SSSR count). The zero-order chi connectivity index (χ0) is 19.0. The Kier molecular flexibility index (Phi) is 4.81. The second-order valence-corrected chi connectivity index (χ2v) is 8.97. The molecule has 3 nitrogen and oxygen atoms in total. The Morgan fingerprint density at radius 3 is 2.30 bits per heavy atom. The highest BCUT2D eigenvalue weighted by molar-refractivity contribution is 5.76. The van der Waals surface area contributed by atoms with Gasteiger partial charge in [-0.3, -0.25) is 4.90 Å². The summed E-state index contributed by atoms with van der Waals surface area (Å²) in [6.07, 6.45) is 2.39. The predicted molar refractivity (Wildman–Crippen MR) is 113 cm³/mol. The summed E-state index contributed by atoms with van der Waals surface area (Å²) in [6.45, 7) is 12.3. The van der Waals surface area contributed by atoms with E-state index in [1.807, 2.05) is 0 Å². The van der Waals surface area contributed by atoms with Crippen LogP contribution in [-0.2, 0) is 12.0 Å². The van der Waals surface area contributed by atoms with E-state index in [1.165, 1.54) is 29.5 Å². The van der Waals surface area contributed by atoms with Gasteiger partial charge < -0.3 is 4.57 Å². The number of benzene rings is 2. The molecule has 1 aromatic heterocycles. The average molecular weight is 362 g/mol. The maximum Gasteiger partial charge on any atom is 0.106 e. The highest BCUT2D eigenvalue weighted by Gasteiger charge is 2.23. The lowest BCUT2D eigenvalue weighted by atomic mass is 9.86. The van der Waals surface area contributed by atoms with Gasteiger partial charge in [-0.25, -0.2) is 4.98 Å². The monoisotopic (exact) mass is 361 g/mol. The zero-order valence-corrected chi connectivity index (χ0v) is 17.1. The molecule has 0 radical (unpaired) electrons. The van der Waals surface area contributed by atoms with Gasteiger partial charge in [0.2, 0.25) is 0 Å². The van der Waals surface area contributed by atoms with Crippen LogP contribution >= 0.6 is 0 Å². The number of aromatic nitrogens is 2. The van der Waals surface area contributed by atoms with Crippen LogP contribution < -0.4 is 0 Å². The lowest BCUT2D eigenvalue weighted by molar-refractivity contribution is 0.180. The zero-order valence-electron chi connectivity index (χ0n) is 17.1. The SMILES string of the molecule is Cc1nc2ccccc2n1C1CCN(Cc2ccc(C(C)(C)C)cc2)CC1. The van der Waals surface area contributed by atoms with Crippen molar-refractivity contribution >= 4 is 11.0 Å². The van der Waals surface area contributed by atoms with Crippen molar-refractivity contribution in [1.82, 2.24) is 14.5 Å². The van der Waals surface area contributed by atoms with E-state index in [0.29, 0.717) is 6.04 Å². The van der Waals surface area contributed by atoms with Crippen molar-refractivity contribution in [1.29, 1.82) is 0 Å². The van der Waals surface area contributed by atoms with E-state index >= 15 is 0 Å². The van der Waals surface area contributed by atoms with Crippen LogP contribution in [-0.4, -0.2) is 27.5 Å². The van der Waals surface area contributed by atoms with Gasteiger partial charge in [0.1, 0.15) is 5.82 Å². The van der Waals surface area contributed by atoms with Crippen LogP contribution in [0.5, 0.6) is 0 Å². The Morgan fingerprint density at radius 2 is 1.63 bits per heavy atom. The molecule has 0 amide bonds. The minimum atomic E-state index is 0.225. The third kappa shape index (κ3) is 3.79. The molecule has 27 heavy (non-hydrogen) atoms. The summed E-state index contributed by atoms with van der Waals surface area (Å²) in [4.78, 5) is 7.35. The van der Waals surface area contributed by atoms with E-state index in [4.69, 9.17) is 4.98 Å². The number of para-hydroxylation sites is 2. The summed E-state index contributed by atoms with van der Waals surface area (Å²) in [5.41, 5.74) is 5.46. The van der Waals surface area contributed by atoms with Crippen molar-refractivity contribution in [3.05, 3.63) is 65.5 Å². The average Bonchev–Trinajstić information content (AvgIpc) is 2.98. The van der Waals surface area contributed by atoms with E-state index < -0.39 is 0 Å². The topological polar surface area (TPSA) is 21.1 Å². The van der Waals surface area contributed by atoms with Gasteiger partial charge in [0.15, 0.2) is 0 Å². The third-order valence-electron chi connectivity index (χ3n) is 5.92. The molecule has 3 heteroatoms. The fraction of sp³-hybridized carbons (Fsp3) is 0.458. The molecule has 0 aliphatic carbocycles. The quantitative estimate of drug-likeness (QED) is 0.616. The van der Waals surface area contributed by atoms with Gasteiger partial charge in [0.25, 0.3) is 0 Å². The number of nitrogens with zero attached hydrogens (tertiary/aromatic N) is 3. The van der Waals surface area contributed by atoms with Gasteiger partial charge in [-0.15, -0.1) is 0 Å². The van der Waals surface area contributed by atoms with Crippen molar-refractivity contribution in [2.24, 2.45) is 0 Å². The fourth-order valence-electron chi connectivity index (χ4n) is 4.33. The highest BCUT2D eigenvalue weighted by atomic mass is 15.2. The van der Waals surface area contributed by atoms with Crippen molar-refractivity contribution in [2.45, 2.75) is 58.5 Å². The Balaban J connectivity index is 1.41. The van der Waals surface area contributed by atoms with Crippen LogP contribution in [0, 0.1) is 6.92 Å². The standard InChI is InChI=1S/C24H31N3/c1-18-25-22-7-5-6-8-23(22)27(18)21-13-15-26(16-14-21)17-19-9-11-20(12-10-19)24(2,3)4/h5-12,21H,13-17H2,1-4H3. The Bertz CT molecular complexity index is 907. The second-order valence-electron chi connectivity index (χ2n) is 8.97. The maximum absolute atomic E-state index is 4.75. The van der Waals surface area contributed by atoms with Gasteiger partial charge in [0, 0.05) is 25.7 Å². The van der Waals surface area contributed by atoms with Gasteiger partial charge in [-0.2, -0.15) is 0 Å². The van der Waals surface area contributed by atoms with E-state index in [-0.39, 0.29) is 5.41 Å². The normalized spacial score (nSPS) is 16.9. The van der Waals surface area contributed by atoms with E-state index in [1.54, 1.807) is 0 Å². The lowest BCUT2D eigenvalue weighted by Crippen LogP contribution is -2.34. The molecule has 1 saturated heterocycles. The Morgan fingerprint density at radius 1 is 0.963 bits per heavy atom. The Labute approximate surface area is 163 Å². The first-order valence-electron chi connectivity index (χ1n) is 10.2. The van der Waals surface area contributed by atoms with Crippen LogP contribution in [0.4, 0.5) is 0 Å². The highest BCUT2D eigenvalue weighted by Crippen LogP contribution is 2.29. The molecule has 3 aromatic rings. The molecule has 0 saturated carbocycles. The van der Waals surface area contributed by atoms with Crippen molar-refractivity contribution in [3.8, 4) is 0 Å². The second kappa shape index (κ2) is 7.12. The molecule has 0 N–H and O–H groups in total. The molecule has 2 heterocycles. The summed E-state index contributed by atoms with van der Waals surface area (Å²) in [6, 6.07) is 18.3. The van der Waals surface area contributed by atoms with Crippen molar-refractivity contribution in [2.75, 3.05) is 13.1 Å². The van der Waals surface area contributed by atoms with Crippen LogP contribution in [0.2, 0.25) is 0 Å². The molecular formula is C24H31N3. The lowest BCUT2D eigenvalue weighted by Gasteiger charge is -2.33. The summed E-state index contributed by atoms with van der Waals surface area (Å²) >= 11 is 0. The number of likely N-dealkylation sites (tertiary alicyclic amines) is 1. The number of aryl methyl sites for hydroxylation is 1. The first kappa shape index (κ1) is 18.2. The predicted octanol–water partition coefficient (Wildman–Crippen LogP) is 5.48. The van der Waals surface area contributed by atoms with E-state index in [9.17, 15) is 0 Å². The smallest absolute Gasteiger partial charge is 0.106 e. The maximum atomic E-state index is 4.75. The first-order valence-corrected chi connectivity index (χ1v) is 10.2. The molecule has 0 atom stereocenters. The molecule has 0 unspecified atom stereocenters. The number of imidazole rings is 1. The molecule has 1 aliphatic heterocycles. The van der Waals surface area contributed by atoms with Gasteiger partial charge in [-0.1, -0.05) is 57.2 Å². The summed E-state index contributed by atoms with van der Waals surface area (Å²) < 4.78 is 2.46. The summed E-state index contributed by atoms with van der Waals surface area (Å²) in [5.74, 6) is 1.15. The first-order chi connectivity index (χ1) is 12.9. The van der Waals surface area contributed by atoms with Crippen molar-refractivity contribution in [3.63, 3.8) is 0 Å². The van der Waals surface area contributed by atoms with Crippen LogP contribution in [0.3, 0.4) is 0 Å². The molecule has 0 spiro atoms. The van der Waals surface area contributed by atoms with Crippen LogP contribution in [0.15, 0.2) is 48.5 Å². The number of hydrogen-bond acceptors (Lipinski definition) is 2. The molecular weight excluding hydrogens is 330 g/mol. The van der Waals surface area contributed by atoms with Crippen molar-refractivity contribution < 1.29 is 0 Å². The number of hydrogen-bond donors (Lipinski definition) is 0. The van der Waals surface area contributed by atoms with Crippen LogP contribution in [0.25, 0.3) is 11.0 Å². The molecule has 142 valence electrons. The largest absolute Gasteiger partial charge is 0.325 e. The van der Waals surface area contributed by atoms with Gasteiger partial charge in [-0.05, 0) is 48.4 Å². The van der Waals surface area contributed by atoms with Gasteiger partial charge in [0.05, 0.1) is 11.0 Å². The third-order valence-corrected chi connectivity index (χ3v) is 5.92. The van der Waals surface area contributed by atoms with E-state index in [0.717, 1.165) is 31.0 Å². The summed E-state index contributed by atoms with van der Waals surface area (Å²) in [5, 5.41) is 0. The summed E-state index contributed by atoms with van der Waals surface area (Å²) in [7, 11) is 0. The van der Waals surface area contributed by atoms with Crippen LogP contribution in [0.1, 0.15) is 56.6 Å². The Hall–Kier alpha value is -2.13. The minimum Gasteiger partial charge on any atom is -0.325 e. The minimum absolute atomic E-state index is 0.225. The van der Waals surface area contributed by atoms with Gasteiger partial charge >= 0.3 is 0 Å².